The highest BCUT2D eigenvalue weighted by molar-refractivity contribution is 5.39. The zero-order valence-electron chi connectivity index (χ0n) is 10.4. The molecule has 0 aliphatic carbocycles. The number of rotatable bonds is 4. The molecule has 0 saturated carbocycles. The van der Waals surface area contributed by atoms with Crippen LogP contribution in [0.3, 0.4) is 0 Å². The molecule has 2 rings (SSSR count). The van der Waals surface area contributed by atoms with Gasteiger partial charge in [0.05, 0.1) is 6.33 Å². The number of aromatic nitrogens is 2. The molecule has 0 radical (unpaired) electrons. The average molecular weight is 251 g/mol. The van der Waals surface area contributed by atoms with Gasteiger partial charge >= 0.3 is 0 Å². The lowest BCUT2D eigenvalue weighted by molar-refractivity contribution is 0.636. The summed E-state index contributed by atoms with van der Waals surface area (Å²) in [5.41, 5.74) is 8.10. The summed E-state index contributed by atoms with van der Waals surface area (Å²) in [5.74, 6) is 0. The van der Waals surface area contributed by atoms with E-state index >= 15 is 0 Å². The van der Waals surface area contributed by atoms with Gasteiger partial charge in [-0.1, -0.05) is 12.1 Å². The summed E-state index contributed by atoms with van der Waals surface area (Å²) >= 11 is 0. The van der Waals surface area contributed by atoms with Crippen molar-refractivity contribution in [1.82, 2.24) is 9.55 Å². The molecule has 0 amide bonds. The summed E-state index contributed by atoms with van der Waals surface area (Å²) in [4.78, 5) is 3.91. The van der Waals surface area contributed by atoms with Crippen LogP contribution in [0.4, 0.5) is 5.69 Å². The summed E-state index contributed by atoms with van der Waals surface area (Å²) in [5, 5.41) is 17.8. The van der Waals surface area contributed by atoms with Gasteiger partial charge in [-0.15, -0.1) is 0 Å². The highest BCUT2D eigenvalue weighted by Gasteiger charge is 2.09. The average Bonchev–Trinajstić information content (AvgIpc) is 2.83. The Kier molecular flexibility index (Phi) is 3.80. The maximum atomic E-state index is 8.99. The largest absolute Gasteiger partial charge is 0.399 e. The van der Waals surface area contributed by atoms with Crippen LogP contribution < -0.4 is 5.73 Å². The van der Waals surface area contributed by atoms with E-state index in [-0.39, 0.29) is 5.69 Å². The molecule has 0 atom stereocenters. The van der Waals surface area contributed by atoms with E-state index in [1.165, 1.54) is 5.56 Å². The first-order valence-electron chi connectivity index (χ1n) is 5.94. The topological polar surface area (TPSA) is 91.4 Å². The van der Waals surface area contributed by atoms with E-state index in [2.05, 4.69) is 4.98 Å². The number of hydrogen-bond donors (Lipinski definition) is 1. The second-order valence-electron chi connectivity index (χ2n) is 4.20. The van der Waals surface area contributed by atoms with E-state index in [9.17, 15) is 0 Å². The van der Waals surface area contributed by atoms with Crippen molar-refractivity contribution in [3.8, 4) is 12.1 Å². The molecular formula is C14H13N5. The van der Waals surface area contributed by atoms with Gasteiger partial charge in [0.25, 0.3) is 0 Å². The Morgan fingerprint density at radius 1 is 1.16 bits per heavy atom. The van der Waals surface area contributed by atoms with Crippen molar-refractivity contribution in [3.05, 3.63) is 47.5 Å². The van der Waals surface area contributed by atoms with Crippen LogP contribution in [0.15, 0.2) is 30.6 Å². The first-order valence-corrected chi connectivity index (χ1v) is 5.94. The molecule has 0 spiro atoms. The van der Waals surface area contributed by atoms with Crippen LogP contribution >= 0.6 is 0 Å². The number of hydrogen-bond acceptors (Lipinski definition) is 4. The standard InChI is InChI=1S/C14H13N5/c15-8-13-14(9-16)19(10-18-13)7-1-2-11-3-5-12(17)6-4-11/h3-6,10H,1-2,7,17H2. The Labute approximate surface area is 111 Å². The number of anilines is 1. The predicted octanol–water partition coefficient (Wildman–Crippen LogP) is 1.84. The second kappa shape index (κ2) is 5.70. The van der Waals surface area contributed by atoms with Gasteiger partial charge in [-0.2, -0.15) is 10.5 Å². The third-order valence-corrected chi connectivity index (χ3v) is 2.89. The molecule has 1 heterocycles. The van der Waals surface area contributed by atoms with Crippen molar-refractivity contribution in [2.24, 2.45) is 0 Å². The summed E-state index contributed by atoms with van der Waals surface area (Å²) < 4.78 is 1.72. The SMILES string of the molecule is N#Cc1ncn(CCCc2ccc(N)cc2)c1C#N. The molecule has 94 valence electrons. The van der Waals surface area contributed by atoms with Gasteiger partial charge < -0.3 is 10.3 Å². The first kappa shape index (κ1) is 12.7. The zero-order chi connectivity index (χ0) is 13.7. The monoisotopic (exact) mass is 251 g/mol. The van der Waals surface area contributed by atoms with E-state index in [4.69, 9.17) is 16.3 Å². The van der Waals surface area contributed by atoms with Gasteiger partial charge in [0, 0.05) is 12.2 Å². The fourth-order valence-electron chi connectivity index (χ4n) is 1.89. The van der Waals surface area contributed by atoms with Crippen LogP contribution in [0.5, 0.6) is 0 Å². The van der Waals surface area contributed by atoms with Crippen molar-refractivity contribution in [2.75, 3.05) is 5.73 Å². The van der Waals surface area contributed by atoms with Crippen LogP contribution in [0.1, 0.15) is 23.4 Å². The molecule has 2 aromatic rings. The molecule has 2 N–H and O–H groups in total. The number of aryl methyl sites for hydroxylation is 2. The van der Waals surface area contributed by atoms with Crippen LogP contribution in [0.25, 0.3) is 0 Å². The minimum atomic E-state index is 0.190. The molecule has 0 aliphatic rings. The van der Waals surface area contributed by atoms with Gasteiger partial charge in [0.15, 0.2) is 11.4 Å². The maximum Gasteiger partial charge on any atom is 0.176 e. The summed E-state index contributed by atoms with van der Waals surface area (Å²) in [6.07, 6.45) is 3.31. The molecule has 0 aliphatic heterocycles. The molecule has 5 nitrogen and oxygen atoms in total. The predicted molar refractivity (Wildman–Crippen MR) is 70.8 cm³/mol. The van der Waals surface area contributed by atoms with Gasteiger partial charge in [-0.25, -0.2) is 4.98 Å². The zero-order valence-corrected chi connectivity index (χ0v) is 10.4. The van der Waals surface area contributed by atoms with Crippen LogP contribution in [-0.4, -0.2) is 9.55 Å². The van der Waals surface area contributed by atoms with Crippen LogP contribution in [-0.2, 0) is 13.0 Å². The lowest BCUT2D eigenvalue weighted by Crippen LogP contribution is -2.01. The molecular weight excluding hydrogens is 238 g/mol. The molecule has 0 saturated heterocycles. The highest BCUT2D eigenvalue weighted by atomic mass is 15.1. The number of nitrogens with zero attached hydrogens (tertiary/aromatic N) is 4. The molecule has 0 unspecified atom stereocenters. The number of benzene rings is 1. The van der Waals surface area contributed by atoms with E-state index in [0.717, 1.165) is 18.5 Å². The molecule has 19 heavy (non-hydrogen) atoms. The molecule has 0 fully saturated rings. The third kappa shape index (κ3) is 2.91. The molecule has 5 heteroatoms. The third-order valence-electron chi connectivity index (χ3n) is 2.89. The second-order valence-corrected chi connectivity index (χ2v) is 4.20. The van der Waals surface area contributed by atoms with Gasteiger partial charge in [-0.3, -0.25) is 0 Å². The highest BCUT2D eigenvalue weighted by Crippen LogP contribution is 2.10. The van der Waals surface area contributed by atoms with Gasteiger partial charge in [-0.05, 0) is 30.5 Å². The smallest absolute Gasteiger partial charge is 0.176 e. The van der Waals surface area contributed by atoms with Gasteiger partial charge in [0.1, 0.15) is 12.1 Å². The summed E-state index contributed by atoms with van der Waals surface area (Å²) in [6, 6.07) is 11.7. The number of nitrogen functional groups attached to an aromatic ring is 1. The molecule has 1 aromatic carbocycles. The van der Waals surface area contributed by atoms with Crippen molar-refractivity contribution in [1.29, 1.82) is 10.5 Å². The van der Waals surface area contributed by atoms with E-state index in [1.807, 2.05) is 36.4 Å². The van der Waals surface area contributed by atoms with E-state index < -0.39 is 0 Å². The van der Waals surface area contributed by atoms with Crippen LogP contribution in [0.2, 0.25) is 0 Å². The molecule has 0 bridgehead atoms. The normalized spacial score (nSPS) is 9.79. The Morgan fingerprint density at radius 3 is 2.53 bits per heavy atom. The number of nitriles is 2. The minimum absolute atomic E-state index is 0.190. The van der Waals surface area contributed by atoms with E-state index in [1.54, 1.807) is 10.9 Å². The number of imidazole rings is 1. The first-order chi connectivity index (χ1) is 9.24. The van der Waals surface area contributed by atoms with E-state index in [0.29, 0.717) is 12.2 Å². The van der Waals surface area contributed by atoms with Crippen molar-refractivity contribution in [3.63, 3.8) is 0 Å². The lowest BCUT2D eigenvalue weighted by atomic mass is 10.1. The summed E-state index contributed by atoms with van der Waals surface area (Å²) in [7, 11) is 0. The van der Waals surface area contributed by atoms with Gasteiger partial charge in [0.2, 0.25) is 0 Å². The lowest BCUT2D eigenvalue weighted by Gasteiger charge is -2.04. The summed E-state index contributed by atoms with van der Waals surface area (Å²) in [6.45, 7) is 0.669. The minimum Gasteiger partial charge on any atom is -0.399 e. The van der Waals surface area contributed by atoms with Crippen molar-refractivity contribution in [2.45, 2.75) is 19.4 Å². The Bertz CT molecular complexity index is 640. The fourth-order valence-corrected chi connectivity index (χ4v) is 1.89. The maximum absolute atomic E-state index is 8.99. The Balaban J connectivity index is 1.97. The Morgan fingerprint density at radius 2 is 1.89 bits per heavy atom. The number of nitrogens with two attached hydrogens (primary N) is 1. The van der Waals surface area contributed by atoms with Crippen molar-refractivity contribution >= 4 is 5.69 Å². The Hall–Kier alpha value is -2.79. The quantitative estimate of drug-likeness (QED) is 0.839. The fraction of sp³-hybridized carbons (Fsp3) is 0.214. The van der Waals surface area contributed by atoms with Crippen molar-refractivity contribution < 1.29 is 0 Å². The molecule has 1 aromatic heterocycles. The van der Waals surface area contributed by atoms with Crippen LogP contribution in [0, 0.1) is 22.7 Å².